The predicted molar refractivity (Wildman–Crippen MR) is 116 cm³/mol. The summed E-state index contributed by atoms with van der Waals surface area (Å²) in [7, 11) is 0. The molecular weight excluding hydrogens is 362 g/mol. The number of carbonyl (C=O) groups excluding carboxylic acids is 1. The second-order valence-electron chi connectivity index (χ2n) is 7.36. The fraction of sp³-hybridized carbons (Fsp3) is 0.304. The van der Waals surface area contributed by atoms with Crippen LogP contribution in [0, 0.1) is 13.8 Å². The Morgan fingerprint density at radius 1 is 0.897 bits per heavy atom. The van der Waals surface area contributed by atoms with Crippen LogP contribution in [0.1, 0.15) is 28.7 Å². The second-order valence-corrected chi connectivity index (χ2v) is 7.36. The van der Waals surface area contributed by atoms with Crippen molar-refractivity contribution in [1.82, 2.24) is 15.0 Å². The van der Waals surface area contributed by atoms with E-state index in [9.17, 15) is 4.79 Å². The Bertz CT molecular complexity index is 1030. The van der Waals surface area contributed by atoms with Crippen LogP contribution in [0.15, 0.2) is 48.7 Å². The third-order valence-electron chi connectivity index (χ3n) is 5.39. The standard InChI is InChI=1S/C23H25N5O/c1-16-20(18(3)29)15-21(17(2)25-16)22-9-10-24-23(26-22)28-13-11-27(12-14-28)19-7-5-4-6-8-19/h4-10,15H,11-14H2,1-3H3. The summed E-state index contributed by atoms with van der Waals surface area (Å²) in [5.41, 5.74) is 5.19. The molecule has 3 heterocycles. The largest absolute Gasteiger partial charge is 0.368 e. The normalized spacial score (nSPS) is 14.2. The Balaban J connectivity index is 1.56. The van der Waals surface area contributed by atoms with Crippen LogP contribution < -0.4 is 9.80 Å². The number of carbonyl (C=O) groups is 1. The van der Waals surface area contributed by atoms with Gasteiger partial charge in [0.25, 0.3) is 0 Å². The maximum Gasteiger partial charge on any atom is 0.225 e. The highest BCUT2D eigenvalue weighted by molar-refractivity contribution is 5.96. The van der Waals surface area contributed by atoms with Crippen molar-refractivity contribution in [2.24, 2.45) is 0 Å². The van der Waals surface area contributed by atoms with E-state index in [1.165, 1.54) is 5.69 Å². The van der Waals surface area contributed by atoms with Crippen LogP contribution >= 0.6 is 0 Å². The second kappa shape index (κ2) is 7.99. The number of Topliss-reactive ketones (excluding diaryl/α,β-unsaturated/α-hetero) is 1. The number of anilines is 2. The average Bonchev–Trinajstić information content (AvgIpc) is 2.74. The van der Waals surface area contributed by atoms with E-state index >= 15 is 0 Å². The van der Waals surface area contributed by atoms with Crippen molar-refractivity contribution >= 4 is 17.4 Å². The summed E-state index contributed by atoms with van der Waals surface area (Å²) in [6, 6.07) is 14.3. The number of benzene rings is 1. The smallest absolute Gasteiger partial charge is 0.225 e. The summed E-state index contributed by atoms with van der Waals surface area (Å²) >= 11 is 0. The van der Waals surface area contributed by atoms with Gasteiger partial charge in [0.1, 0.15) is 0 Å². The Kier molecular flexibility index (Phi) is 5.25. The summed E-state index contributed by atoms with van der Waals surface area (Å²) in [6.07, 6.45) is 1.79. The van der Waals surface area contributed by atoms with Crippen LogP contribution in [0.5, 0.6) is 0 Å². The topological polar surface area (TPSA) is 62.2 Å². The molecule has 29 heavy (non-hydrogen) atoms. The van der Waals surface area contributed by atoms with Gasteiger partial charge in [-0.3, -0.25) is 9.78 Å². The number of hydrogen-bond acceptors (Lipinski definition) is 6. The zero-order valence-electron chi connectivity index (χ0n) is 17.1. The molecule has 4 rings (SSSR count). The predicted octanol–water partition coefficient (Wildman–Crippen LogP) is 3.68. The highest BCUT2D eigenvalue weighted by Crippen LogP contribution is 2.25. The van der Waals surface area contributed by atoms with Crippen molar-refractivity contribution in [2.75, 3.05) is 36.0 Å². The summed E-state index contributed by atoms with van der Waals surface area (Å²) in [4.78, 5) is 30.4. The molecule has 148 valence electrons. The Morgan fingerprint density at radius 2 is 1.59 bits per heavy atom. The van der Waals surface area contributed by atoms with Crippen LogP contribution in [-0.4, -0.2) is 46.9 Å². The van der Waals surface area contributed by atoms with E-state index in [4.69, 9.17) is 4.98 Å². The first kappa shape index (κ1) is 19.1. The molecule has 6 nitrogen and oxygen atoms in total. The fourth-order valence-corrected chi connectivity index (χ4v) is 3.80. The highest BCUT2D eigenvalue weighted by atomic mass is 16.1. The number of ketones is 1. The van der Waals surface area contributed by atoms with Gasteiger partial charge in [-0.1, -0.05) is 18.2 Å². The number of para-hydroxylation sites is 1. The maximum absolute atomic E-state index is 11.9. The fourth-order valence-electron chi connectivity index (χ4n) is 3.80. The Labute approximate surface area is 171 Å². The first-order chi connectivity index (χ1) is 14.0. The van der Waals surface area contributed by atoms with Gasteiger partial charge in [-0.25, -0.2) is 9.97 Å². The van der Waals surface area contributed by atoms with E-state index < -0.39 is 0 Å². The quantitative estimate of drug-likeness (QED) is 0.637. The molecule has 1 saturated heterocycles. The lowest BCUT2D eigenvalue weighted by molar-refractivity contribution is 0.101. The number of pyridine rings is 1. The number of piperazine rings is 1. The highest BCUT2D eigenvalue weighted by Gasteiger charge is 2.20. The number of nitrogens with zero attached hydrogens (tertiary/aromatic N) is 5. The van der Waals surface area contributed by atoms with E-state index in [2.05, 4.69) is 44.0 Å². The Morgan fingerprint density at radius 3 is 2.28 bits per heavy atom. The van der Waals surface area contributed by atoms with Gasteiger partial charge in [-0.05, 0) is 45.0 Å². The van der Waals surface area contributed by atoms with Gasteiger partial charge >= 0.3 is 0 Å². The third kappa shape index (κ3) is 3.97. The van der Waals surface area contributed by atoms with E-state index in [-0.39, 0.29) is 5.78 Å². The molecule has 0 N–H and O–H groups in total. The van der Waals surface area contributed by atoms with Crippen molar-refractivity contribution in [2.45, 2.75) is 20.8 Å². The zero-order chi connectivity index (χ0) is 20.4. The minimum atomic E-state index is 0.0163. The molecule has 2 aromatic heterocycles. The van der Waals surface area contributed by atoms with Crippen molar-refractivity contribution < 1.29 is 4.79 Å². The van der Waals surface area contributed by atoms with Gasteiger partial charge in [0, 0.05) is 60.6 Å². The first-order valence-corrected chi connectivity index (χ1v) is 9.90. The maximum atomic E-state index is 11.9. The summed E-state index contributed by atoms with van der Waals surface area (Å²) in [5, 5.41) is 0. The van der Waals surface area contributed by atoms with E-state index in [1.807, 2.05) is 32.0 Å². The van der Waals surface area contributed by atoms with E-state index in [0.29, 0.717) is 5.56 Å². The molecule has 0 spiro atoms. The van der Waals surface area contributed by atoms with Gasteiger partial charge in [-0.2, -0.15) is 0 Å². The monoisotopic (exact) mass is 387 g/mol. The van der Waals surface area contributed by atoms with Crippen LogP contribution in [0.3, 0.4) is 0 Å². The molecule has 0 saturated carbocycles. The van der Waals surface area contributed by atoms with Crippen LogP contribution in [0.25, 0.3) is 11.3 Å². The Hall–Kier alpha value is -3.28. The van der Waals surface area contributed by atoms with Crippen molar-refractivity contribution in [3.63, 3.8) is 0 Å². The molecule has 0 unspecified atom stereocenters. The molecule has 1 aliphatic rings. The lowest BCUT2D eigenvalue weighted by Gasteiger charge is -2.36. The molecular formula is C23H25N5O. The molecule has 3 aromatic rings. The minimum Gasteiger partial charge on any atom is -0.368 e. The molecule has 1 aromatic carbocycles. The summed E-state index contributed by atoms with van der Waals surface area (Å²) in [6.45, 7) is 8.97. The van der Waals surface area contributed by atoms with Gasteiger partial charge in [0.05, 0.1) is 5.69 Å². The molecule has 6 heteroatoms. The minimum absolute atomic E-state index is 0.0163. The zero-order valence-corrected chi connectivity index (χ0v) is 17.1. The molecule has 1 aliphatic heterocycles. The molecule has 1 fully saturated rings. The average molecular weight is 387 g/mol. The number of rotatable bonds is 4. The summed E-state index contributed by atoms with van der Waals surface area (Å²) in [5.74, 6) is 0.738. The first-order valence-electron chi connectivity index (χ1n) is 9.90. The number of hydrogen-bond donors (Lipinski definition) is 0. The molecule has 0 atom stereocenters. The van der Waals surface area contributed by atoms with Gasteiger partial charge in [0.2, 0.25) is 5.95 Å². The van der Waals surface area contributed by atoms with Crippen LogP contribution in [-0.2, 0) is 0 Å². The van der Waals surface area contributed by atoms with Crippen molar-refractivity contribution in [3.05, 3.63) is 65.6 Å². The van der Waals surface area contributed by atoms with Crippen molar-refractivity contribution in [3.8, 4) is 11.3 Å². The third-order valence-corrected chi connectivity index (χ3v) is 5.39. The lowest BCUT2D eigenvalue weighted by atomic mass is 10.0. The van der Waals surface area contributed by atoms with Gasteiger partial charge < -0.3 is 9.80 Å². The molecule has 0 amide bonds. The van der Waals surface area contributed by atoms with Crippen molar-refractivity contribution in [1.29, 1.82) is 0 Å². The van der Waals surface area contributed by atoms with Gasteiger partial charge in [0.15, 0.2) is 5.78 Å². The molecule has 0 aliphatic carbocycles. The van der Waals surface area contributed by atoms with Crippen LogP contribution in [0.2, 0.25) is 0 Å². The van der Waals surface area contributed by atoms with Gasteiger partial charge in [-0.15, -0.1) is 0 Å². The molecule has 0 bridgehead atoms. The number of aryl methyl sites for hydroxylation is 2. The SMILES string of the molecule is CC(=O)c1cc(-c2ccnc(N3CCN(c4ccccc4)CC3)n2)c(C)nc1C. The number of aromatic nitrogens is 3. The lowest BCUT2D eigenvalue weighted by Crippen LogP contribution is -2.47. The van der Waals surface area contributed by atoms with E-state index in [0.717, 1.165) is 54.8 Å². The molecule has 0 radical (unpaired) electrons. The van der Waals surface area contributed by atoms with E-state index in [1.54, 1.807) is 13.1 Å². The summed E-state index contributed by atoms with van der Waals surface area (Å²) < 4.78 is 0. The van der Waals surface area contributed by atoms with Crippen LogP contribution in [0.4, 0.5) is 11.6 Å².